The second-order valence-electron chi connectivity index (χ2n) is 9.45. The van der Waals surface area contributed by atoms with Gasteiger partial charge in [-0.2, -0.15) is 0 Å². The topological polar surface area (TPSA) is 130 Å². The molecule has 0 aliphatic carbocycles. The van der Waals surface area contributed by atoms with Crippen LogP contribution in [0.15, 0.2) is 65.2 Å². The van der Waals surface area contributed by atoms with Crippen LogP contribution in [-0.4, -0.2) is 42.8 Å². The Kier molecular flexibility index (Phi) is 8.29. The number of hydrogen-bond donors (Lipinski definition) is 3. The molecule has 2 aliphatic rings. The molecule has 4 rings (SSSR count). The van der Waals surface area contributed by atoms with Gasteiger partial charge in [-0.3, -0.25) is 29.4 Å². The number of carbonyl (C=O) groups is 3. The number of thioether (sulfide) groups is 1. The maximum absolute atomic E-state index is 13.2. The summed E-state index contributed by atoms with van der Waals surface area (Å²) in [6, 6.07) is 15.4. The first-order valence-corrected chi connectivity index (χ1v) is 13.6. The van der Waals surface area contributed by atoms with Gasteiger partial charge in [0.1, 0.15) is 10.6 Å². The molecule has 1 fully saturated rings. The van der Waals surface area contributed by atoms with Gasteiger partial charge < -0.3 is 10.4 Å². The lowest BCUT2D eigenvalue weighted by Crippen LogP contribution is -2.71. The van der Waals surface area contributed by atoms with E-state index in [2.05, 4.69) is 17.9 Å². The van der Waals surface area contributed by atoms with E-state index in [-0.39, 0.29) is 48.5 Å². The van der Waals surface area contributed by atoms with Crippen molar-refractivity contribution >= 4 is 47.0 Å². The van der Waals surface area contributed by atoms with Crippen LogP contribution in [-0.2, 0) is 20.8 Å². The average Bonchev–Trinajstić information content (AvgIpc) is 3.18. The van der Waals surface area contributed by atoms with Crippen LogP contribution in [0.2, 0.25) is 0 Å². The molecule has 4 atom stereocenters. The SMILES string of the molecule is CC[C@H](O)[C@@H]1C(=O)N2C(C(=O)S)=C(CCC(=O)N[C@@H](C)c3ccccc3)S[C@]12Cc1ccc([N+](=O)[O-])cc1. The Morgan fingerprint density at radius 1 is 1.21 bits per heavy atom. The standard InChI is InChI=1S/C27H29N3O6S2/c1-3-20(31)23-25(33)29-24(26(34)37)21(13-14-22(32)28-16(2)18-7-5-4-6-8-18)38-27(23,29)15-17-9-11-19(12-10-17)30(35)36/h4-12,16,20,23,31H,3,13-15H2,1-2H3,(H,28,32)(H,34,37)/t16-,20-,23+,27+/m0/s1. The second-order valence-corrected chi connectivity index (χ2v) is 11.3. The van der Waals surface area contributed by atoms with Gasteiger partial charge in [-0.1, -0.05) is 73.8 Å². The molecule has 9 nitrogen and oxygen atoms in total. The first-order chi connectivity index (χ1) is 18.1. The fourth-order valence-corrected chi connectivity index (χ4v) is 7.21. The minimum atomic E-state index is -0.987. The van der Waals surface area contributed by atoms with Crippen molar-refractivity contribution < 1.29 is 24.4 Å². The van der Waals surface area contributed by atoms with Gasteiger partial charge in [-0.15, -0.1) is 0 Å². The Morgan fingerprint density at radius 3 is 2.45 bits per heavy atom. The molecule has 1 saturated heterocycles. The number of benzene rings is 2. The van der Waals surface area contributed by atoms with E-state index in [9.17, 15) is 29.6 Å². The van der Waals surface area contributed by atoms with E-state index >= 15 is 0 Å². The number of thiol groups is 1. The van der Waals surface area contributed by atoms with E-state index in [0.717, 1.165) is 11.1 Å². The Hall–Kier alpha value is -3.15. The van der Waals surface area contributed by atoms with Gasteiger partial charge in [0, 0.05) is 29.9 Å². The summed E-state index contributed by atoms with van der Waals surface area (Å²) in [5, 5.41) is 24.2. The molecule has 11 heteroatoms. The van der Waals surface area contributed by atoms with Crippen molar-refractivity contribution in [2.45, 2.75) is 56.5 Å². The largest absolute Gasteiger partial charge is 0.392 e. The minimum absolute atomic E-state index is 0.0576. The molecule has 0 unspecified atom stereocenters. The van der Waals surface area contributed by atoms with Crippen molar-refractivity contribution in [1.82, 2.24) is 10.2 Å². The lowest BCUT2D eigenvalue weighted by molar-refractivity contribution is -0.384. The summed E-state index contributed by atoms with van der Waals surface area (Å²) in [7, 11) is 0. The molecule has 0 bridgehead atoms. The average molecular weight is 556 g/mol. The van der Waals surface area contributed by atoms with Gasteiger partial charge in [-0.05, 0) is 30.9 Å². The highest BCUT2D eigenvalue weighted by Gasteiger charge is 2.68. The molecule has 2 aliphatic heterocycles. The van der Waals surface area contributed by atoms with Crippen LogP contribution in [0.25, 0.3) is 0 Å². The molecule has 0 aromatic heterocycles. The number of nitro benzene ring substituents is 1. The highest BCUT2D eigenvalue weighted by Crippen LogP contribution is 2.61. The Labute approximate surface area is 230 Å². The molecule has 2 N–H and O–H groups in total. The number of aliphatic hydroxyl groups excluding tert-OH is 1. The molecule has 0 saturated carbocycles. The molecular weight excluding hydrogens is 526 g/mol. The number of amides is 2. The van der Waals surface area contributed by atoms with Gasteiger partial charge in [-0.25, -0.2) is 0 Å². The van der Waals surface area contributed by atoms with Crippen LogP contribution in [0.5, 0.6) is 0 Å². The quantitative estimate of drug-likeness (QED) is 0.164. The molecule has 2 aromatic rings. The third kappa shape index (κ3) is 5.23. The Morgan fingerprint density at radius 2 is 1.87 bits per heavy atom. The van der Waals surface area contributed by atoms with E-state index in [0.29, 0.717) is 11.3 Å². The number of β-lactam (4-membered cyclic amide) rings is 1. The normalized spacial score (nSPS) is 21.9. The maximum Gasteiger partial charge on any atom is 0.269 e. The number of nitro groups is 1. The highest BCUT2D eigenvalue weighted by atomic mass is 32.2. The van der Waals surface area contributed by atoms with Gasteiger partial charge in [0.15, 0.2) is 0 Å². The number of allylic oxidation sites excluding steroid dienone is 1. The van der Waals surface area contributed by atoms with Crippen molar-refractivity contribution in [3.8, 4) is 0 Å². The highest BCUT2D eigenvalue weighted by molar-refractivity contribution is 8.05. The third-order valence-electron chi connectivity index (χ3n) is 7.00. The molecule has 2 aromatic carbocycles. The van der Waals surface area contributed by atoms with Gasteiger partial charge in [0.2, 0.25) is 16.9 Å². The summed E-state index contributed by atoms with van der Waals surface area (Å²) >= 11 is 5.34. The van der Waals surface area contributed by atoms with Crippen molar-refractivity contribution in [2.24, 2.45) is 5.92 Å². The molecule has 0 spiro atoms. The fourth-order valence-electron chi connectivity index (χ4n) is 5.09. The fraction of sp³-hybridized carbons (Fsp3) is 0.370. The zero-order chi connectivity index (χ0) is 27.6. The number of hydrogen-bond acceptors (Lipinski definition) is 7. The first-order valence-electron chi connectivity index (χ1n) is 12.3. The van der Waals surface area contributed by atoms with E-state index in [1.807, 2.05) is 37.3 Å². The summed E-state index contributed by atoms with van der Waals surface area (Å²) in [5.74, 6) is -1.35. The summed E-state index contributed by atoms with van der Waals surface area (Å²) < 4.78 is 0. The van der Waals surface area contributed by atoms with Crippen LogP contribution in [0, 0.1) is 16.0 Å². The van der Waals surface area contributed by atoms with E-state index in [4.69, 9.17) is 0 Å². The van der Waals surface area contributed by atoms with Gasteiger partial charge in [0.05, 0.1) is 23.0 Å². The van der Waals surface area contributed by atoms with Crippen LogP contribution in [0.3, 0.4) is 0 Å². The minimum Gasteiger partial charge on any atom is -0.392 e. The van der Waals surface area contributed by atoms with E-state index < -0.39 is 26.9 Å². The zero-order valence-corrected chi connectivity index (χ0v) is 22.7. The Bertz CT molecular complexity index is 1280. The van der Waals surface area contributed by atoms with E-state index in [1.54, 1.807) is 19.1 Å². The molecule has 38 heavy (non-hydrogen) atoms. The van der Waals surface area contributed by atoms with Crippen molar-refractivity contribution in [2.75, 3.05) is 0 Å². The lowest BCUT2D eigenvalue weighted by atomic mass is 9.77. The lowest BCUT2D eigenvalue weighted by Gasteiger charge is -2.55. The predicted molar refractivity (Wildman–Crippen MR) is 147 cm³/mol. The summed E-state index contributed by atoms with van der Waals surface area (Å²) in [5.41, 5.74) is 1.76. The van der Waals surface area contributed by atoms with Gasteiger partial charge in [0.25, 0.3) is 5.69 Å². The van der Waals surface area contributed by atoms with Crippen molar-refractivity contribution in [3.05, 3.63) is 86.4 Å². The number of carbonyl (C=O) groups excluding carboxylic acids is 3. The summed E-state index contributed by atoms with van der Waals surface area (Å²) in [4.78, 5) is 50.2. The number of fused-ring (bicyclic) bond motifs is 1. The number of nitrogens with zero attached hydrogens (tertiary/aromatic N) is 2. The summed E-state index contributed by atoms with van der Waals surface area (Å²) in [6.07, 6.45) is -0.0170. The predicted octanol–water partition coefficient (Wildman–Crippen LogP) is 4.14. The van der Waals surface area contributed by atoms with Crippen LogP contribution in [0.4, 0.5) is 5.69 Å². The van der Waals surface area contributed by atoms with Crippen LogP contribution in [0.1, 0.15) is 50.3 Å². The Balaban J connectivity index is 1.56. The van der Waals surface area contributed by atoms with Crippen LogP contribution < -0.4 is 5.32 Å². The number of nitrogens with one attached hydrogen (secondary N) is 1. The van der Waals surface area contributed by atoms with Crippen molar-refractivity contribution in [3.63, 3.8) is 0 Å². The van der Waals surface area contributed by atoms with E-state index in [1.165, 1.54) is 28.8 Å². The van der Waals surface area contributed by atoms with Crippen molar-refractivity contribution in [1.29, 1.82) is 0 Å². The molecule has 2 heterocycles. The second kappa shape index (κ2) is 11.3. The number of aliphatic hydroxyl groups is 1. The molecule has 200 valence electrons. The molecular formula is C27H29N3O6S2. The van der Waals surface area contributed by atoms with Gasteiger partial charge >= 0.3 is 0 Å². The number of non-ortho nitro benzene ring substituents is 1. The monoisotopic (exact) mass is 555 g/mol. The first kappa shape index (κ1) is 27.9. The molecule has 0 radical (unpaired) electrons. The maximum atomic E-state index is 13.2. The van der Waals surface area contributed by atoms with Crippen LogP contribution >= 0.6 is 24.4 Å². The number of rotatable bonds is 11. The summed E-state index contributed by atoms with van der Waals surface area (Å²) in [6.45, 7) is 3.66. The smallest absolute Gasteiger partial charge is 0.269 e. The third-order valence-corrected chi connectivity index (χ3v) is 8.79. The zero-order valence-electron chi connectivity index (χ0n) is 21.0. The molecule has 2 amide bonds.